The van der Waals surface area contributed by atoms with Crippen molar-refractivity contribution in [1.29, 1.82) is 0 Å². The summed E-state index contributed by atoms with van der Waals surface area (Å²) in [5, 5.41) is 12.4. The zero-order valence-electron chi connectivity index (χ0n) is 19.5. The third kappa shape index (κ3) is 6.10. The van der Waals surface area contributed by atoms with Gasteiger partial charge in [-0.25, -0.2) is 4.79 Å². The van der Waals surface area contributed by atoms with Crippen molar-refractivity contribution in [3.8, 4) is 5.75 Å². The first-order chi connectivity index (χ1) is 16.6. The van der Waals surface area contributed by atoms with Crippen LogP contribution in [0, 0.1) is 5.92 Å². The molecule has 0 saturated carbocycles. The van der Waals surface area contributed by atoms with Crippen molar-refractivity contribution >= 4 is 41.0 Å². The van der Waals surface area contributed by atoms with Crippen LogP contribution >= 0.6 is 11.6 Å². The van der Waals surface area contributed by atoms with E-state index in [0.29, 0.717) is 28.3 Å². The van der Waals surface area contributed by atoms with Gasteiger partial charge >= 0.3 is 5.97 Å². The van der Waals surface area contributed by atoms with E-state index in [1.807, 2.05) is 6.92 Å². The molecule has 1 heterocycles. The Bertz CT molecular complexity index is 1150. The number of anilines is 1. The standard InChI is InChI=1S/C25H28ClN3O6/c1-3-14(15-4-6-19(25(33)34)20(27)10-15)11-23(31)29-13-22(30)28-12-17(24(29)32)8-16-9-18(26)5-7-21(16)35-2/h4-7,9-10,14,17H,3,8,11-13,27H2,1-2H3,(H,28,30)(H,33,34)/t14-,17?/m0/s1. The highest BCUT2D eigenvalue weighted by Crippen LogP contribution is 2.29. The van der Waals surface area contributed by atoms with Crippen LogP contribution < -0.4 is 15.8 Å². The number of ether oxygens (including phenoxy) is 1. The lowest BCUT2D eigenvalue weighted by molar-refractivity contribution is -0.148. The van der Waals surface area contributed by atoms with Crippen molar-refractivity contribution in [1.82, 2.24) is 10.2 Å². The molecule has 1 aliphatic heterocycles. The van der Waals surface area contributed by atoms with Crippen LogP contribution in [0.4, 0.5) is 5.69 Å². The van der Waals surface area contributed by atoms with Crippen LogP contribution in [0.3, 0.4) is 0 Å². The van der Waals surface area contributed by atoms with Gasteiger partial charge < -0.3 is 20.9 Å². The molecule has 0 aliphatic carbocycles. The number of benzene rings is 2. The number of nitrogens with two attached hydrogens (primary N) is 1. The fourth-order valence-corrected chi connectivity index (χ4v) is 4.41. The van der Waals surface area contributed by atoms with E-state index in [9.17, 15) is 24.3 Å². The monoisotopic (exact) mass is 501 g/mol. The SMILES string of the molecule is CC[C@@H](CC(=O)N1CC(=O)NCC(Cc2cc(Cl)ccc2OC)C1=O)c1ccc(C(=O)O)c(N)c1. The molecule has 0 aromatic heterocycles. The number of methoxy groups -OCH3 is 1. The Morgan fingerprint density at radius 1 is 1.26 bits per heavy atom. The van der Waals surface area contributed by atoms with E-state index >= 15 is 0 Å². The summed E-state index contributed by atoms with van der Waals surface area (Å²) < 4.78 is 5.37. The molecule has 0 spiro atoms. The fourth-order valence-electron chi connectivity index (χ4n) is 4.21. The zero-order chi connectivity index (χ0) is 25.7. The number of carboxylic acid groups (broad SMARTS) is 1. The van der Waals surface area contributed by atoms with Crippen LogP contribution in [0.25, 0.3) is 0 Å². The van der Waals surface area contributed by atoms with Crippen molar-refractivity contribution in [2.75, 3.05) is 25.9 Å². The highest BCUT2D eigenvalue weighted by molar-refractivity contribution is 6.30. The molecule has 1 fully saturated rings. The molecule has 1 unspecified atom stereocenters. The number of nitrogens with zero attached hydrogens (tertiary/aromatic N) is 1. The normalized spacial score (nSPS) is 16.9. The summed E-state index contributed by atoms with van der Waals surface area (Å²) in [6, 6.07) is 9.64. The Hall–Kier alpha value is -3.59. The topological polar surface area (TPSA) is 139 Å². The molecule has 10 heteroatoms. The summed E-state index contributed by atoms with van der Waals surface area (Å²) in [4.78, 5) is 51.2. The fraction of sp³-hybridized carbons (Fsp3) is 0.360. The van der Waals surface area contributed by atoms with Gasteiger partial charge in [-0.05, 0) is 60.2 Å². The van der Waals surface area contributed by atoms with Crippen LogP contribution in [0.1, 0.15) is 47.2 Å². The van der Waals surface area contributed by atoms with Crippen molar-refractivity contribution in [2.45, 2.75) is 32.1 Å². The molecule has 1 aliphatic rings. The largest absolute Gasteiger partial charge is 0.496 e. The van der Waals surface area contributed by atoms with E-state index < -0.39 is 29.6 Å². The van der Waals surface area contributed by atoms with E-state index in [4.69, 9.17) is 22.1 Å². The average molecular weight is 502 g/mol. The predicted octanol–water partition coefficient (Wildman–Crippen LogP) is 2.86. The molecule has 2 aromatic carbocycles. The Kier molecular flexibility index (Phi) is 8.34. The molecule has 0 radical (unpaired) electrons. The van der Waals surface area contributed by atoms with Gasteiger partial charge in [0, 0.05) is 23.7 Å². The van der Waals surface area contributed by atoms with E-state index in [2.05, 4.69) is 5.32 Å². The Labute approximate surface area is 208 Å². The number of carboxylic acids is 1. The molecule has 35 heavy (non-hydrogen) atoms. The zero-order valence-corrected chi connectivity index (χ0v) is 20.3. The van der Waals surface area contributed by atoms with E-state index in [1.54, 1.807) is 24.3 Å². The minimum atomic E-state index is -1.14. The Balaban J connectivity index is 1.81. The maximum absolute atomic E-state index is 13.4. The average Bonchev–Trinajstić information content (AvgIpc) is 2.96. The van der Waals surface area contributed by atoms with Gasteiger partial charge in [0.15, 0.2) is 0 Å². The second-order valence-corrected chi connectivity index (χ2v) is 8.88. The number of hydrogen-bond donors (Lipinski definition) is 3. The summed E-state index contributed by atoms with van der Waals surface area (Å²) in [6.45, 7) is 1.60. The summed E-state index contributed by atoms with van der Waals surface area (Å²) in [5.41, 5.74) is 7.34. The molecule has 2 atom stereocenters. The molecule has 4 N–H and O–H groups in total. The van der Waals surface area contributed by atoms with Crippen LogP contribution in [-0.2, 0) is 20.8 Å². The maximum Gasteiger partial charge on any atom is 0.337 e. The van der Waals surface area contributed by atoms with Crippen LogP contribution in [0.5, 0.6) is 5.75 Å². The summed E-state index contributed by atoms with van der Waals surface area (Å²) in [6.07, 6.45) is 0.751. The van der Waals surface area contributed by atoms with E-state index in [0.717, 1.165) is 4.90 Å². The first-order valence-corrected chi connectivity index (χ1v) is 11.6. The first-order valence-electron chi connectivity index (χ1n) is 11.2. The highest BCUT2D eigenvalue weighted by atomic mass is 35.5. The Morgan fingerprint density at radius 2 is 2.00 bits per heavy atom. The second kappa shape index (κ2) is 11.2. The highest BCUT2D eigenvalue weighted by Gasteiger charge is 2.35. The number of carbonyl (C=O) groups excluding carboxylic acids is 3. The van der Waals surface area contributed by atoms with Crippen LogP contribution in [0.2, 0.25) is 5.02 Å². The lowest BCUT2D eigenvalue weighted by Gasteiger charge is -2.24. The van der Waals surface area contributed by atoms with Gasteiger partial charge in [-0.3, -0.25) is 19.3 Å². The van der Waals surface area contributed by atoms with Crippen LogP contribution in [0.15, 0.2) is 36.4 Å². The number of amides is 3. The van der Waals surface area contributed by atoms with Crippen molar-refractivity contribution in [3.63, 3.8) is 0 Å². The molecule has 2 aromatic rings. The van der Waals surface area contributed by atoms with Gasteiger partial charge in [-0.1, -0.05) is 24.6 Å². The van der Waals surface area contributed by atoms with Gasteiger partial charge in [-0.15, -0.1) is 0 Å². The predicted molar refractivity (Wildman–Crippen MR) is 130 cm³/mol. The van der Waals surface area contributed by atoms with Gasteiger partial charge in [-0.2, -0.15) is 0 Å². The number of hydrogen-bond acceptors (Lipinski definition) is 6. The third-order valence-corrected chi connectivity index (χ3v) is 6.40. The summed E-state index contributed by atoms with van der Waals surface area (Å²) in [7, 11) is 1.51. The molecule has 186 valence electrons. The maximum atomic E-state index is 13.4. The molecular formula is C25H28ClN3O6. The van der Waals surface area contributed by atoms with Crippen LogP contribution in [-0.4, -0.2) is 53.9 Å². The number of nitrogen functional groups attached to an aromatic ring is 1. The molecule has 3 amide bonds. The lowest BCUT2D eigenvalue weighted by atomic mass is 9.91. The number of halogens is 1. The number of aromatic carboxylic acids is 1. The minimum Gasteiger partial charge on any atom is -0.496 e. The van der Waals surface area contributed by atoms with Gasteiger partial charge in [0.2, 0.25) is 17.7 Å². The minimum absolute atomic E-state index is 0.0198. The van der Waals surface area contributed by atoms with Crippen molar-refractivity contribution in [2.24, 2.45) is 5.92 Å². The van der Waals surface area contributed by atoms with Gasteiger partial charge in [0.05, 0.1) is 18.6 Å². The molecular weight excluding hydrogens is 474 g/mol. The molecule has 1 saturated heterocycles. The Morgan fingerprint density at radius 3 is 2.63 bits per heavy atom. The second-order valence-electron chi connectivity index (χ2n) is 8.44. The molecule has 0 bridgehead atoms. The summed E-state index contributed by atoms with van der Waals surface area (Å²) in [5.74, 6) is -2.92. The molecule has 9 nitrogen and oxygen atoms in total. The van der Waals surface area contributed by atoms with E-state index in [1.165, 1.54) is 19.2 Å². The number of imide groups is 1. The number of nitrogens with one attached hydrogen (secondary N) is 1. The quantitative estimate of drug-likeness (QED) is 0.472. The smallest absolute Gasteiger partial charge is 0.337 e. The van der Waals surface area contributed by atoms with Crippen molar-refractivity contribution < 1.29 is 29.0 Å². The third-order valence-electron chi connectivity index (χ3n) is 6.16. The molecule has 3 rings (SSSR count). The van der Waals surface area contributed by atoms with Gasteiger partial charge in [0.1, 0.15) is 12.3 Å². The number of rotatable bonds is 8. The number of carbonyl (C=O) groups is 4. The lowest BCUT2D eigenvalue weighted by Crippen LogP contribution is -2.43. The van der Waals surface area contributed by atoms with E-state index in [-0.39, 0.29) is 43.1 Å². The van der Waals surface area contributed by atoms with Gasteiger partial charge in [0.25, 0.3) is 0 Å². The van der Waals surface area contributed by atoms with Crippen molar-refractivity contribution in [3.05, 3.63) is 58.1 Å². The first kappa shape index (κ1) is 26.0. The summed E-state index contributed by atoms with van der Waals surface area (Å²) >= 11 is 6.12.